The van der Waals surface area contributed by atoms with Crippen molar-refractivity contribution < 1.29 is 16.8 Å². The lowest BCUT2D eigenvalue weighted by Gasteiger charge is -2.39. The van der Waals surface area contributed by atoms with Gasteiger partial charge in [0.05, 0.1) is 21.6 Å². The van der Waals surface area contributed by atoms with E-state index in [0.717, 1.165) is 24.8 Å². The molecule has 5 nitrogen and oxygen atoms in total. The van der Waals surface area contributed by atoms with Crippen molar-refractivity contribution in [1.82, 2.24) is 4.31 Å². The van der Waals surface area contributed by atoms with Crippen LogP contribution in [0.15, 0.2) is 64.4 Å². The summed E-state index contributed by atoms with van der Waals surface area (Å²) in [7, 11) is -7.10. The number of hydrogen-bond donors (Lipinski definition) is 0. The first-order valence-electron chi connectivity index (χ1n) is 9.18. The molecule has 1 fully saturated rings. The van der Waals surface area contributed by atoms with Gasteiger partial charge in [-0.1, -0.05) is 37.3 Å². The second-order valence-electron chi connectivity index (χ2n) is 6.92. The fourth-order valence-electron chi connectivity index (χ4n) is 3.67. The third-order valence-corrected chi connectivity index (χ3v) is 8.95. The highest BCUT2D eigenvalue weighted by Crippen LogP contribution is 2.38. The largest absolute Gasteiger partial charge is 0.243 e. The Morgan fingerprint density at radius 2 is 1.48 bits per heavy atom. The Labute approximate surface area is 162 Å². The van der Waals surface area contributed by atoms with Crippen LogP contribution in [0, 0.1) is 0 Å². The highest BCUT2D eigenvalue weighted by Gasteiger charge is 2.38. The molecule has 0 N–H and O–H groups in total. The number of rotatable bonds is 5. The van der Waals surface area contributed by atoms with Crippen molar-refractivity contribution in [2.24, 2.45) is 0 Å². The Bertz CT molecular complexity index is 984. The lowest BCUT2D eigenvalue weighted by molar-refractivity contribution is 0.193. The molecule has 1 aliphatic rings. The first kappa shape index (κ1) is 20.0. The van der Waals surface area contributed by atoms with E-state index in [1.165, 1.54) is 24.3 Å². The SMILES string of the molecule is CCS(=O)(=O)c1ccc(S(=O)(=O)N2[C@H](C)CCC[C@H]2c2ccccc2)cc1. The lowest BCUT2D eigenvalue weighted by atomic mass is 9.94. The van der Waals surface area contributed by atoms with Crippen molar-refractivity contribution in [2.75, 3.05) is 5.75 Å². The van der Waals surface area contributed by atoms with Gasteiger partial charge in [-0.05, 0) is 56.0 Å². The van der Waals surface area contributed by atoms with Crippen LogP contribution in [-0.2, 0) is 19.9 Å². The summed E-state index contributed by atoms with van der Waals surface area (Å²) < 4.78 is 52.4. The molecule has 2 aromatic rings. The summed E-state index contributed by atoms with van der Waals surface area (Å²) in [5, 5.41) is 0. The molecule has 0 aromatic heterocycles. The summed E-state index contributed by atoms with van der Waals surface area (Å²) in [6.45, 7) is 3.50. The van der Waals surface area contributed by atoms with Crippen LogP contribution in [0.2, 0.25) is 0 Å². The van der Waals surface area contributed by atoms with Crippen molar-refractivity contribution in [1.29, 1.82) is 0 Å². The van der Waals surface area contributed by atoms with Crippen LogP contribution in [0.25, 0.3) is 0 Å². The molecule has 0 spiro atoms. The Balaban J connectivity index is 2.01. The van der Waals surface area contributed by atoms with E-state index in [9.17, 15) is 16.8 Å². The minimum atomic E-state index is -3.74. The second kappa shape index (κ2) is 7.73. The molecule has 3 rings (SSSR count). The lowest BCUT2D eigenvalue weighted by Crippen LogP contribution is -2.44. The molecule has 0 bridgehead atoms. The Hall–Kier alpha value is -1.70. The maximum atomic E-state index is 13.4. The zero-order valence-electron chi connectivity index (χ0n) is 15.6. The van der Waals surface area contributed by atoms with Crippen molar-refractivity contribution in [3.8, 4) is 0 Å². The average molecular weight is 408 g/mol. The van der Waals surface area contributed by atoms with Gasteiger partial charge < -0.3 is 0 Å². The zero-order valence-corrected chi connectivity index (χ0v) is 17.2. The third kappa shape index (κ3) is 3.95. The van der Waals surface area contributed by atoms with Crippen LogP contribution in [-0.4, -0.2) is 32.9 Å². The van der Waals surface area contributed by atoms with Gasteiger partial charge in [0, 0.05) is 6.04 Å². The molecule has 0 unspecified atom stereocenters. The second-order valence-corrected chi connectivity index (χ2v) is 11.0. The third-order valence-electron chi connectivity index (χ3n) is 5.16. The van der Waals surface area contributed by atoms with Crippen LogP contribution in [0.5, 0.6) is 0 Å². The molecule has 0 radical (unpaired) electrons. The molecule has 1 heterocycles. The smallest absolute Gasteiger partial charge is 0.224 e. The van der Waals surface area contributed by atoms with Gasteiger partial charge in [-0.25, -0.2) is 16.8 Å². The van der Waals surface area contributed by atoms with Gasteiger partial charge in [0.2, 0.25) is 10.0 Å². The van der Waals surface area contributed by atoms with Crippen molar-refractivity contribution in [2.45, 2.75) is 55.0 Å². The number of nitrogens with zero attached hydrogens (tertiary/aromatic N) is 1. The quantitative estimate of drug-likeness (QED) is 0.756. The van der Waals surface area contributed by atoms with Crippen LogP contribution in [0.4, 0.5) is 0 Å². The molecular formula is C20H25NO4S2. The van der Waals surface area contributed by atoms with E-state index in [2.05, 4.69) is 0 Å². The molecule has 27 heavy (non-hydrogen) atoms. The summed E-state index contributed by atoms with van der Waals surface area (Å²) in [5.74, 6) is -0.0155. The van der Waals surface area contributed by atoms with Crippen LogP contribution in [0.1, 0.15) is 44.7 Å². The number of sulfonamides is 1. The highest BCUT2D eigenvalue weighted by molar-refractivity contribution is 7.91. The Morgan fingerprint density at radius 1 is 0.889 bits per heavy atom. The van der Waals surface area contributed by atoms with Gasteiger partial charge in [0.1, 0.15) is 0 Å². The Kier molecular flexibility index (Phi) is 5.74. The van der Waals surface area contributed by atoms with E-state index in [0.29, 0.717) is 0 Å². The van der Waals surface area contributed by atoms with Crippen LogP contribution in [0.3, 0.4) is 0 Å². The van der Waals surface area contributed by atoms with Gasteiger partial charge in [0.25, 0.3) is 0 Å². The molecule has 146 valence electrons. The van der Waals surface area contributed by atoms with Gasteiger partial charge in [-0.15, -0.1) is 0 Å². The molecule has 0 aliphatic carbocycles. The summed E-state index contributed by atoms with van der Waals surface area (Å²) in [4.78, 5) is 0.280. The number of hydrogen-bond acceptors (Lipinski definition) is 4. The molecular weight excluding hydrogens is 382 g/mol. The maximum absolute atomic E-state index is 13.4. The fourth-order valence-corrected chi connectivity index (χ4v) is 6.42. The van der Waals surface area contributed by atoms with Gasteiger partial charge in [0.15, 0.2) is 9.84 Å². The molecule has 1 saturated heterocycles. The van der Waals surface area contributed by atoms with E-state index in [1.54, 1.807) is 11.2 Å². The monoisotopic (exact) mass is 407 g/mol. The topological polar surface area (TPSA) is 71.5 Å². The fraction of sp³-hybridized carbons (Fsp3) is 0.400. The van der Waals surface area contributed by atoms with E-state index in [1.807, 2.05) is 37.3 Å². The van der Waals surface area contributed by atoms with Crippen molar-refractivity contribution in [3.63, 3.8) is 0 Å². The molecule has 0 saturated carbocycles. The van der Waals surface area contributed by atoms with E-state index in [4.69, 9.17) is 0 Å². The van der Waals surface area contributed by atoms with Crippen molar-refractivity contribution >= 4 is 19.9 Å². The number of sulfone groups is 1. The van der Waals surface area contributed by atoms with Crippen LogP contribution < -0.4 is 0 Å². The molecule has 2 aromatic carbocycles. The predicted octanol–water partition coefficient (Wildman–Crippen LogP) is 3.78. The molecule has 2 atom stereocenters. The Morgan fingerprint density at radius 3 is 2.07 bits per heavy atom. The predicted molar refractivity (Wildman–Crippen MR) is 106 cm³/mol. The number of benzene rings is 2. The summed E-state index contributed by atoms with van der Waals surface area (Å²) in [6, 6.07) is 14.9. The van der Waals surface area contributed by atoms with E-state index < -0.39 is 19.9 Å². The number of piperidine rings is 1. The van der Waals surface area contributed by atoms with Crippen LogP contribution >= 0.6 is 0 Å². The normalized spacial score (nSPS) is 21.9. The van der Waals surface area contributed by atoms with Crippen molar-refractivity contribution in [3.05, 3.63) is 60.2 Å². The summed E-state index contributed by atoms with van der Waals surface area (Å²) in [6.07, 6.45) is 2.56. The summed E-state index contributed by atoms with van der Waals surface area (Å²) >= 11 is 0. The summed E-state index contributed by atoms with van der Waals surface area (Å²) in [5.41, 5.74) is 0.984. The molecule has 1 aliphatic heterocycles. The van der Waals surface area contributed by atoms with Gasteiger partial charge in [-0.2, -0.15) is 4.31 Å². The zero-order chi connectivity index (χ0) is 19.7. The first-order chi connectivity index (χ1) is 12.8. The minimum absolute atomic E-state index is 0.0155. The molecule has 0 amide bonds. The van der Waals surface area contributed by atoms with E-state index in [-0.39, 0.29) is 27.6 Å². The van der Waals surface area contributed by atoms with Gasteiger partial charge in [-0.3, -0.25) is 0 Å². The first-order valence-corrected chi connectivity index (χ1v) is 12.3. The maximum Gasteiger partial charge on any atom is 0.243 e. The molecule has 7 heteroatoms. The van der Waals surface area contributed by atoms with Gasteiger partial charge >= 0.3 is 0 Å². The highest BCUT2D eigenvalue weighted by atomic mass is 32.2. The minimum Gasteiger partial charge on any atom is -0.224 e. The standard InChI is InChI=1S/C20H25NO4S2/c1-3-26(22,23)18-12-14-19(15-13-18)27(24,25)21-16(2)8-7-11-20(21)17-9-5-4-6-10-17/h4-6,9-10,12-16,20H,3,7-8,11H2,1-2H3/t16-,20+/m1/s1. The van der Waals surface area contributed by atoms with E-state index >= 15 is 0 Å². The average Bonchev–Trinajstić information content (AvgIpc) is 2.68.